The fraction of sp³-hybridized carbons (Fsp3) is 0.400. The normalized spacial score (nSPS) is 16.9. The van der Waals surface area contributed by atoms with Crippen LogP contribution in [0, 0.1) is 0 Å². The smallest absolute Gasteiger partial charge is 0.269 e. The lowest BCUT2D eigenvalue weighted by molar-refractivity contribution is 0.438. The fourth-order valence-corrected chi connectivity index (χ4v) is 2.73. The summed E-state index contributed by atoms with van der Waals surface area (Å²) in [4.78, 5) is 12.0. The Kier molecular flexibility index (Phi) is 3.05. The minimum absolute atomic E-state index is 0.0271. The van der Waals surface area contributed by atoms with Crippen LogP contribution >= 0.6 is 0 Å². The van der Waals surface area contributed by atoms with E-state index in [2.05, 4.69) is 5.43 Å². The van der Waals surface area contributed by atoms with Gasteiger partial charge < -0.3 is 5.43 Å². The molecule has 0 unspecified atom stereocenters. The number of aromatic nitrogens is 1. The SMILES string of the molecule is O=c1ccc2ccccc2n1NC1CCCCC1. The van der Waals surface area contributed by atoms with Crippen molar-refractivity contribution < 1.29 is 0 Å². The zero-order valence-corrected chi connectivity index (χ0v) is 10.4. The van der Waals surface area contributed by atoms with Gasteiger partial charge >= 0.3 is 0 Å². The molecular weight excluding hydrogens is 224 g/mol. The van der Waals surface area contributed by atoms with E-state index in [0.717, 1.165) is 23.7 Å². The molecule has 1 saturated carbocycles. The van der Waals surface area contributed by atoms with E-state index < -0.39 is 0 Å². The van der Waals surface area contributed by atoms with Gasteiger partial charge in [0.1, 0.15) is 0 Å². The minimum atomic E-state index is 0.0271. The number of nitrogens with zero attached hydrogens (tertiary/aromatic N) is 1. The van der Waals surface area contributed by atoms with Crippen LogP contribution in [-0.2, 0) is 0 Å². The summed E-state index contributed by atoms with van der Waals surface area (Å²) < 4.78 is 1.71. The lowest BCUT2D eigenvalue weighted by Gasteiger charge is -2.25. The molecule has 1 aliphatic carbocycles. The Morgan fingerprint density at radius 1 is 1.00 bits per heavy atom. The van der Waals surface area contributed by atoms with Crippen LogP contribution in [0.1, 0.15) is 32.1 Å². The molecule has 0 atom stereocenters. The number of hydrogen-bond donors (Lipinski definition) is 1. The minimum Gasteiger partial charge on any atom is -0.320 e. The van der Waals surface area contributed by atoms with Gasteiger partial charge in [-0.3, -0.25) is 4.79 Å². The molecular formula is C15H18N2O. The third-order valence-corrected chi connectivity index (χ3v) is 3.72. The van der Waals surface area contributed by atoms with Gasteiger partial charge in [-0.1, -0.05) is 37.5 Å². The number of hydrogen-bond acceptors (Lipinski definition) is 2. The molecule has 3 rings (SSSR count). The Bertz CT molecular complexity index is 597. The molecule has 0 bridgehead atoms. The summed E-state index contributed by atoms with van der Waals surface area (Å²) in [6, 6.07) is 12.0. The molecule has 0 aliphatic heterocycles. The van der Waals surface area contributed by atoms with Crippen LogP contribution in [0.25, 0.3) is 10.9 Å². The van der Waals surface area contributed by atoms with E-state index >= 15 is 0 Å². The van der Waals surface area contributed by atoms with Crippen molar-refractivity contribution in [1.29, 1.82) is 0 Å². The van der Waals surface area contributed by atoms with Crippen LogP contribution in [0.4, 0.5) is 0 Å². The fourth-order valence-electron chi connectivity index (χ4n) is 2.73. The molecule has 0 saturated heterocycles. The molecule has 1 aromatic heterocycles. The van der Waals surface area contributed by atoms with Crippen LogP contribution in [0.2, 0.25) is 0 Å². The molecule has 1 heterocycles. The van der Waals surface area contributed by atoms with E-state index in [4.69, 9.17) is 0 Å². The van der Waals surface area contributed by atoms with Crippen molar-refractivity contribution in [2.24, 2.45) is 0 Å². The summed E-state index contributed by atoms with van der Waals surface area (Å²) in [5.74, 6) is 0. The summed E-state index contributed by atoms with van der Waals surface area (Å²) in [7, 11) is 0. The van der Waals surface area contributed by atoms with Crippen molar-refractivity contribution in [2.45, 2.75) is 38.1 Å². The highest BCUT2D eigenvalue weighted by atomic mass is 16.1. The number of rotatable bonds is 2. The Labute approximate surface area is 106 Å². The maximum Gasteiger partial charge on any atom is 0.269 e. The first-order valence-corrected chi connectivity index (χ1v) is 6.72. The highest BCUT2D eigenvalue weighted by molar-refractivity contribution is 5.78. The average molecular weight is 242 g/mol. The second kappa shape index (κ2) is 4.84. The van der Waals surface area contributed by atoms with Gasteiger partial charge in [-0.25, -0.2) is 4.68 Å². The second-order valence-electron chi connectivity index (χ2n) is 5.03. The van der Waals surface area contributed by atoms with E-state index in [1.54, 1.807) is 10.7 Å². The summed E-state index contributed by atoms with van der Waals surface area (Å²) in [5.41, 5.74) is 4.39. The van der Waals surface area contributed by atoms with Gasteiger partial charge in [-0.15, -0.1) is 0 Å². The second-order valence-corrected chi connectivity index (χ2v) is 5.03. The number of fused-ring (bicyclic) bond motifs is 1. The van der Waals surface area contributed by atoms with Gasteiger partial charge in [0.25, 0.3) is 5.56 Å². The van der Waals surface area contributed by atoms with Crippen molar-refractivity contribution in [3.05, 3.63) is 46.8 Å². The Balaban J connectivity index is 1.99. The molecule has 1 aliphatic rings. The van der Waals surface area contributed by atoms with Gasteiger partial charge in [-0.05, 0) is 25.0 Å². The van der Waals surface area contributed by atoms with Crippen LogP contribution < -0.4 is 11.0 Å². The van der Waals surface area contributed by atoms with Crippen LogP contribution in [-0.4, -0.2) is 10.7 Å². The predicted molar refractivity (Wildman–Crippen MR) is 74.4 cm³/mol. The van der Waals surface area contributed by atoms with Crippen molar-refractivity contribution in [3.8, 4) is 0 Å². The van der Waals surface area contributed by atoms with E-state index in [1.165, 1.54) is 19.3 Å². The number of para-hydroxylation sites is 1. The molecule has 1 aromatic carbocycles. The molecule has 0 radical (unpaired) electrons. The molecule has 1 fully saturated rings. The van der Waals surface area contributed by atoms with Gasteiger partial charge in [0.2, 0.25) is 0 Å². The van der Waals surface area contributed by atoms with Crippen molar-refractivity contribution in [1.82, 2.24) is 4.68 Å². The maximum absolute atomic E-state index is 12.0. The van der Waals surface area contributed by atoms with Gasteiger partial charge in [-0.2, -0.15) is 0 Å². The first-order chi connectivity index (χ1) is 8.84. The summed E-state index contributed by atoms with van der Waals surface area (Å²) in [5, 5.41) is 1.10. The zero-order valence-electron chi connectivity index (χ0n) is 10.4. The van der Waals surface area contributed by atoms with Crippen molar-refractivity contribution >= 4 is 10.9 Å². The number of pyridine rings is 1. The molecule has 3 heteroatoms. The Morgan fingerprint density at radius 2 is 1.78 bits per heavy atom. The average Bonchev–Trinajstić information content (AvgIpc) is 2.43. The third kappa shape index (κ3) is 2.13. The maximum atomic E-state index is 12.0. The zero-order chi connectivity index (χ0) is 12.4. The van der Waals surface area contributed by atoms with E-state index in [0.29, 0.717) is 6.04 Å². The molecule has 94 valence electrons. The summed E-state index contributed by atoms with van der Waals surface area (Å²) in [6.07, 6.45) is 6.17. The standard InChI is InChI=1S/C15H18N2O/c18-15-11-10-12-6-4-5-9-14(12)17(15)16-13-7-2-1-3-8-13/h4-6,9-11,13,16H,1-3,7-8H2. The lowest BCUT2D eigenvalue weighted by atomic mass is 9.96. The Hall–Kier alpha value is -1.77. The predicted octanol–water partition coefficient (Wildman–Crippen LogP) is 2.88. The highest BCUT2D eigenvalue weighted by Gasteiger charge is 2.14. The molecule has 0 spiro atoms. The molecule has 2 aromatic rings. The quantitative estimate of drug-likeness (QED) is 0.878. The molecule has 18 heavy (non-hydrogen) atoms. The largest absolute Gasteiger partial charge is 0.320 e. The first kappa shape index (κ1) is 11.3. The van der Waals surface area contributed by atoms with Crippen molar-refractivity contribution in [3.63, 3.8) is 0 Å². The van der Waals surface area contributed by atoms with E-state index in [-0.39, 0.29) is 5.56 Å². The van der Waals surface area contributed by atoms with Crippen LogP contribution in [0.3, 0.4) is 0 Å². The Morgan fingerprint density at radius 3 is 2.61 bits per heavy atom. The third-order valence-electron chi connectivity index (χ3n) is 3.72. The monoisotopic (exact) mass is 242 g/mol. The van der Waals surface area contributed by atoms with Crippen LogP contribution in [0.5, 0.6) is 0 Å². The van der Waals surface area contributed by atoms with Gasteiger partial charge in [0.15, 0.2) is 0 Å². The lowest BCUT2D eigenvalue weighted by Crippen LogP contribution is -2.36. The van der Waals surface area contributed by atoms with Crippen LogP contribution in [0.15, 0.2) is 41.2 Å². The van der Waals surface area contributed by atoms with Gasteiger partial charge in [0.05, 0.1) is 5.52 Å². The molecule has 3 nitrogen and oxygen atoms in total. The topological polar surface area (TPSA) is 34.0 Å². The number of nitrogens with one attached hydrogen (secondary N) is 1. The molecule has 1 N–H and O–H groups in total. The number of benzene rings is 1. The molecule has 0 amide bonds. The summed E-state index contributed by atoms with van der Waals surface area (Å²) in [6.45, 7) is 0. The first-order valence-electron chi connectivity index (χ1n) is 6.72. The van der Waals surface area contributed by atoms with Crippen molar-refractivity contribution in [2.75, 3.05) is 5.43 Å². The summed E-state index contributed by atoms with van der Waals surface area (Å²) >= 11 is 0. The van der Waals surface area contributed by atoms with Gasteiger partial charge in [0, 0.05) is 17.5 Å². The van der Waals surface area contributed by atoms with E-state index in [1.807, 2.05) is 30.3 Å². The highest BCUT2D eigenvalue weighted by Crippen LogP contribution is 2.19. The van der Waals surface area contributed by atoms with E-state index in [9.17, 15) is 4.79 Å².